The van der Waals surface area contributed by atoms with E-state index in [1.54, 1.807) is 0 Å². The first-order chi connectivity index (χ1) is 7.81. The molecule has 2 aliphatic rings. The van der Waals surface area contributed by atoms with Gasteiger partial charge in [-0.15, -0.1) is 12.4 Å². The minimum atomic E-state index is 0. The van der Waals surface area contributed by atoms with Crippen molar-refractivity contribution in [3.63, 3.8) is 0 Å². The summed E-state index contributed by atoms with van der Waals surface area (Å²) < 4.78 is 0. The number of nitrogens with zero attached hydrogens (tertiary/aromatic N) is 1. The molecule has 0 spiro atoms. The molecule has 2 aliphatic heterocycles. The van der Waals surface area contributed by atoms with Crippen LogP contribution in [0.1, 0.15) is 39.0 Å². The summed E-state index contributed by atoms with van der Waals surface area (Å²) in [4.78, 5) is 13.6. The molecule has 3 nitrogen and oxygen atoms in total. The van der Waals surface area contributed by atoms with Crippen molar-refractivity contribution in [3.8, 4) is 0 Å². The number of halogens is 1. The maximum absolute atomic E-state index is 11.6. The van der Waals surface area contributed by atoms with Crippen LogP contribution in [0, 0.1) is 11.8 Å². The van der Waals surface area contributed by atoms with Crippen molar-refractivity contribution in [1.82, 2.24) is 10.2 Å². The number of nitrogens with one attached hydrogen (secondary N) is 1. The second-order valence-corrected chi connectivity index (χ2v) is 5.16. The van der Waals surface area contributed by atoms with Crippen LogP contribution in [0.3, 0.4) is 0 Å². The Bertz CT molecular complexity index is 234. The highest BCUT2D eigenvalue weighted by atomic mass is 35.5. The zero-order chi connectivity index (χ0) is 11.4. The SMILES string of the molecule is CCC(=O)N1CCC(C2CCNCC2)CC1.Cl. The van der Waals surface area contributed by atoms with Gasteiger partial charge in [0.1, 0.15) is 0 Å². The van der Waals surface area contributed by atoms with Gasteiger partial charge in [-0.2, -0.15) is 0 Å². The van der Waals surface area contributed by atoms with Crippen LogP contribution in [0.15, 0.2) is 0 Å². The molecule has 1 N–H and O–H groups in total. The molecule has 0 aliphatic carbocycles. The molecule has 2 rings (SSSR count). The highest BCUT2D eigenvalue weighted by Crippen LogP contribution is 2.30. The number of hydrogen-bond donors (Lipinski definition) is 1. The normalized spacial score (nSPS) is 23.2. The van der Waals surface area contributed by atoms with Gasteiger partial charge >= 0.3 is 0 Å². The molecule has 0 aromatic carbocycles. The largest absolute Gasteiger partial charge is 0.343 e. The fraction of sp³-hybridized carbons (Fsp3) is 0.923. The number of likely N-dealkylation sites (tertiary alicyclic amines) is 1. The maximum atomic E-state index is 11.6. The van der Waals surface area contributed by atoms with Gasteiger partial charge in [-0.05, 0) is 50.6 Å². The maximum Gasteiger partial charge on any atom is 0.222 e. The topological polar surface area (TPSA) is 32.3 Å². The van der Waals surface area contributed by atoms with E-state index in [9.17, 15) is 4.79 Å². The van der Waals surface area contributed by atoms with E-state index in [1.165, 1.54) is 38.8 Å². The van der Waals surface area contributed by atoms with E-state index >= 15 is 0 Å². The van der Waals surface area contributed by atoms with Gasteiger partial charge in [-0.25, -0.2) is 0 Å². The molecule has 4 heteroatoms. The van der Waals surface area contributed by atoms with Crippen LogP contribution in [0.2, 0.25) is 0 Å². The lowest BCUT2D eigenvalue weighted by Gasteiger charge is -2.37. The fourth-order valence-electron chi connectivity index (χ4n) is 3.16. The minimum Gasteiger partial charge on any atom is -0.343 e. The Morgan fingerprint density at radius 3 is 2.18 bits per heavy atom. The Kier molecular flexibility index (Phi) is 6.28. The first kappa shape index (κ1) is 14.8. The second kappa shape index (κ2) is 7.22. The van der Waals surface area contributed by atoms with Crippen LogP contribution in [-0.2, 0) is 4.79 Å². The third kappa shape index (κ3) is 3.85. The molecule has 0 unspecified atom stereocenters. The Labute approximate surface area is 111 Å². The fourth-order valence-corrected chi connectivity index (χ4v) is 3.16. The smallest absolute Gasteiger partial charge is 0.222 e. The summed E-state index contributed by atoms with van der Waals surface area (Å²) in [5, 5.41) is 3.43. The molecule has 100 valence electrons. The summed E-state index contributed by atoms with van der Waals surface area (Å²) in [7, 11) is 0. The summed E-state index contributed by atoms with van der Waals surface area (Å²) in [5.41, 5.74) is 0. The van der Waals surface area contributed by atoms with Gasteiger partial charge in [-0.3, -0.25) is 4.79 Å². The Balaban J connectivity index is 0.00000144. The van der Waals surface area contributed by atoms with Crippen molar-refractivity contribution >= 4 is 18.3 Å². The van der Waals surface area contributed by atoms with E-state index in [0.29, 0.717) is 12.3 Å². The van der Waals surface area contributed by atoms with Gasteiger partial charge in [0.05, 0.1) is 0 Å². The van der Waals surface area contributed by atoms with Crippen LogP contribution in [0.4, 0.5) is 0 Å². The Hall–Kier alpha value is -0.280. The molecule has 0 saturated carbocycles. The third-order valence-electron chi connectivity index (χ3n) is 4.25. The number of piperidine rings is 2. The molecule has 0 bridgehead atoms. The van der Waals surface area contributed by atoms with E-state index in [-0.39, 0.29) is 12.4 Å². The van der Waals surface area contributed by atoms with E-state index in [0.717, 1.165) is 24.9 Å². The molecule has 17 heavy (non-hydrogen) atoms. The van der Waals surface area contributed by atoms with Crippen LogP contribution in [-0.4, -0.2) is 37.0 Å². The van der Waals surface area contributed by atoms with Crippen LogP contribution >= 0.6 is 12.4 Å². The first-order valence-corrected chi connectivity index (χ1v) is 6.79. The average Bonchev–Trinajstić information content (AvgIpc) is 2.39. The Morgan fingerprint density at radius 2 is 1.65 bits per heavy atom. The summed E-state index contributed by atoms with van der Waals surface area (Å²) >= 11 is 0. The van der Waals surface area contributed by atoms with Crippen molar-refractivity contribution in [1.29, 1.82) is 0 Å². The molecule has 0 aromatic rings. The molecule has 0 atom stereocenters. The van der Waals surface area contributed by atoms with Crippen molar-refractivity contribution in [2.75, 3.05) is 26.2 Å². The van der Waals surface area contributed by atoms with Gasteiger partial charge < -0.3 is 10.2 Å². The second-order valence-electron chi connectivity index (χ2n) is 5.16. The number of rotatable bonds is 2. The molecular formula is C13H25ClN2O. The van der Waals surface area contributed by atoms with Crippen molar-refractivity contribution in [2.24, 2.45) is 11.8 Å². The lowest BCUT2D eigenvalue weighted by molar-refractivity contribution is -0.132. The van der Waals surface area contributed by atoms with E-state index in [2.05, 4.69) is 10.2 Å². The number of carbonyl (C=O) groups is 1. The van der Waals surface area contributed by atoms with Crippen LogP contribution in [0.5, 0.6) is 0 Å². The van der Waals surface area contributed by atoms with Gasteiger partial charge in [0.25, 0.3) is 0 Å². The summed E-state index contributed by atoms with van der Waals surface area (Å²) in [6.45, 7) is 6.35. The van der Waals surface area contributed by atoms with Gasteiger partial charge in [0.15, 0.2) is 0 Å². The number of hydrogen-bond acceptors (Lipinski definition) is 2. The first-order valence-electron chi connectivity index (χ1n) is 6.79. The summed E-state index contributed by atoms with van der Waals surface area (Å²) in [6, 6.07) is 0. The number of carbonyl (C=O) groups excluding carboxylic acids is 1. The Morgan fingerprint density at radius 1 is 1.12 bits per heavy atom. The minimum absolute atomic E-state index is 0. The van der Waals surface area contributed by atoms with Crippen molar-refractivity contribution < 1.29 is 4.79 Å². The molecule has 0 radical (unpaired) electrons. The predicted octanol–water partition coefficient (Wildman–Crippen LogP) is 2.06. The monoisotopic (exact) mass is 260 g/mol. The van der Waals surface area contributed by atoms with E-state index < -0.39 is 0 Å². The molecule has 0 aromatic heterocycles. The molecule has 2 saturated heterocycles. The zero-order valence-electron chi connectivity index (χ0n) is 10.8. The quantitative estimate of drug-likeness (QED) is 0.824. The molecule has 1 amide bonds. The highest BCUT2D eigenvalue weighted by molar-refractivity contribution is 5.85. The standard InChI is InChI=1S/C13H24N2O.ClH/c1-2-13(16)15-9-5-12(6-10-15)11-3-7-14-8-4-11;/h11-12,14H,2-10H2,1H3;1H. The molecule has 2 heterocycles. The average molecular weight is 261 g/mol. The lowest BCUT2D eigenvalue weighted by atomic mass is 9.79. The number of amides is 1. The molecule has 2 fully saturated rings. The highest BCUT2D eigenvalue weighted by Gasteiger charge is 2.28. The molecular weight excluding hydrogens is 236 g/mol. The van der Waals surface area contributed by atoms with E-state index in [4.69, 9.17) is 0 Å². The van der Waals surface area contributed by atoms with Crippen LogP contribution < -0.4 is 5.32 Å². The van der Waals surface area contributed by atoms with E-state index in [1.807, 2.05) is 6.92 Å². The zero-order valence-corrected chi connectivity index (χ0v) is 11.6. The van der Waals surface area contributed by atoms with Gasteiger partial charge in [0, 0.05) is 19.5 Å². The summed E-state index contributed by atoms with van der Waals surface area (Å²) in [5.74, 6) is 2.13. The van der Waals surface area contributed by atoms with Crippen LogP contribution in [0.25, 0.3) is 0 Å². The van der Waals surface area contributed by atoms with Crippen molar-refractivity contribution in [3.05, 3.63) is 0 Å². The lowest BCUT2D eigenvalue weighted by Crippen LogP contribution is -2.41. The van der Waals surface area contributed by atoms with Crippen molar-refractivity contribution in [2.45, 2.75) is 39.0 Å². The third-order valence-corrected chi connectivity index (χ3v) is 4.25. The predicted molar refractivity (Wildman–Crippen MR) is 72.4 cm³/mol. The van der Waals surface area contributed by atoms with Gasteiger partial charge in [-0.1, -0.05) is 6.92 Å². The van der Waals surface area contributed by atoms with Gasteiger partial charge in [0.2, 0.25) is 5.91 Å². The summed E-state index contributed by atoms with van der Waals surface area (Å²) in [6.07, 6.45) is 5.81.